The second-order valence-corrected chi connectivity index (χ2v) is 8.71. The van der Waals surface area contributed by atoms with Crippen molar-refractivity contribution in [2.24, 2.45) is 0 Å². The summed E-state index contributed by atoms with van der Waals surface area (Å²) in [5.41, 5.74) is 2.13. The van der Waals surface area contributed by atoms with Gasteiger partial charge in [0, 0.05) is 29.4 Å². The molecule has 0 atom stereocenters. The van der Waals surface area contributed by atoms with Gasteiger partial charge in [0.15, 0.2) is 0 Å². The first-order valence-electron chi connectivity index (χ1n) is 10.6. The second-order valence-electron chi connectivity index (χ2n) is 7.93. The van der Waals surface area contributed by atoms with Gasteiger partial charge >= 0.3 is 0 Å². The third-order valence-electron chi connectivity index (χ3n) is 5.80. The molecule has 2 heterocycles. The second kappa shape index (κ2) is 9.35. The van der Waals surface area contributed by atoms with E-state index < -0.39 is 11.8 Å². The van der Waals surface area contributed by atoms with Crippen LogP contribution in [0.2, 0.25) is 5.02 Å². The Hall–Kier alpha value is -2.83. The zero-order valence-corrected chi connectivity index (χ0v) is 19.2. The molecule has 3 amide bonds. The molecule has 0 saturated carbocycles. The Labute approximate surface area is 196 Å². The summed E-state index contributed by atoms with van der Waals surface area (Å²) >= 11 is 12.4. The number of carbonyl (C=O) groups is 3. The standard InChI is InChI=1S/C24H23Cl2N3O3/c1-15-18(25)7-6-8-19(15)29-23(31)20(26)21(24(29)32)27-17-11-9-16(10-12-17)22(30)28-13-4-2-3-5-14-28/h6-12,27H,2-5,13-14H2,1H3. The van der Waals surface area contributed by atoms with Crippen LogP contribution in [0.3, 0.4) is 0 Å². The Kier molecular flexibility index (Phi) is 6.53. The molecule has 0 aromatic heterocycles. The normalized spacial score (nSPS) is 17.1. The van der Waals surface area contributed by atoms with Gasteiger partial charge in [-0.05, 0) is 61.7 Å². The highest BCUT2D eigenvalue weighted by atomic mass is 35.5. The predicted molar refractivity (Wildman–Crippen MR) is 126 cm³/mol. The molecular weight excluding hydrogens is 449 g/mol. The average Bonchev–Trinajstić information content (AvgIpc) is 3.00. The van der Waals surface area contributed by atoms with Gasteiger partial charge in [-0.1, -0.05) is 42.1 Å². The lowest BCUT2D eigenvalue weighted by molar-refractivity contribution is -0.120. The number of likely N-dealkylation sites (tertiary alicyclic amines) is 1. The first kappa shape index (κ1) is 22.4. The van der Waals surface area contributed by atoms with E-state index in [1.54, 1.807) is 49.4 Å². The fourth-order valence-corrected chi connectivity index (χ4v) is 4.35. The monoisotopic (exact) mass is 471 g/mol. The van der Waals surface area contributed by atoms with E-state index >= 15 is 0 Å². The molecule has 166 valence electrons. The van der Waals surface area contributed by atoms with Crippen molar-refractivity contribution < 1.29 is 14.4 Å². The summed E-state index contributed by atoms with van der Waals surface area (Å²) in [5, 5.41) is 3.19. The van der Waals surface area contributed by atoms with Gasteiger partial charge in [-0.3, -0.25) is 14.4 Å². The minimum Gasteiger partial charge on any atom is -0.350 e. The summed E-state index contributed by atoms with van der Waals surface area (Å²) in [5.74, 6) is -1.17. The zero-order chi connectivity index (χ0) is 22.8. The van der Waals surface area contributed by atoms with E-state index in [1.807, 2.05) is 4.90 Å². The molecule has 2 aromatic rings. The molecule has 1 saturated heterocycles. The number of rotatable bonds is 4. The fourth-order valence-electron chi connectivity index (χ4n) is 3.97. The van der Waals surface area contributed by atoms with Gasteiger partial charge in [0.25, 0.3) is 17.7 Å². The number of benzene rings is 2. The van der Waals surface area contributed by atoms with Crippen molar-refractivity contribution in [1.29, 1.82) is 0 Å². The number of carbonyl (C=O) groups excluding carboxylic acids is 3. The maximum Gasteiger partial charge on any atom is 0.283 e. The first-order chi connectivity index (χ1) is 15.4. The fraction of sp³-hybridized carbons (Fsp3) is 0.292. The van der Waals surface area contributed by atoms with Crippen molar-refractivity contribution in [2.45, 2.75) is 32.6 Å². The van der Waals surface area contributed by atoms with Crippen LogP contribution in [-0.4, -0.2) is 35.7 Å². The molecule has 8 heteroatoms. The van der Waals surface area contributed by atoms with E-state index in [0.29, 0.717) is 27.5 Å². The molecule has 32 heavy (non-hydrogen) atoms. The van der Waals surface area contributed by atoms with Gasteiger partial charge in [0.1, 0.15) is 10.7 Å². The highest BCUT2D eigenvalue weighted by Crippen LogP contribution is 2.34. The predicted octanol–water partition coefficient (Wildman–Crippen LogP) is 5.10. The van der Waals surface area contributed by atoms with Gasteiger partial charge in [-0.25, -0.2) is 4.90 Å². The van der Waals surface area contributed by atoms with Gasteiger partial charge in [0.2, 0.25) is 0 Å². The SMILES string of the molecule is Cc1c(Cl)cccc1N1C(=O)C(Cl)=C(Nc2ccc(C(=O)N3CCCCCC3)cc2)C1=O. The topological polar surface area (TPSA) is 69.7 Å². The summed E-state index contributed by atoms with van der Waals surface area (Å²) in [6.45, 7) is 3.28. The van der Waals surface area contributed by atoms with E-state index in [4.69, 9.17) is 23.2 Å². The van der Waals surface area contributed by atoms with Crippen LogP contribution in [0.5, 0.6) is 0 Å². The lowest BCUT2D eigenvalue weighted by Gasteiger charge is -2.20. The zero-order valence-electron chi connectivity index (χ0n) is 17.7. The van der Waals surface area contributed by atoms with Crippen molar-refractivity contribution in [2.75, 3.05) is 23.3 Å². The van der Waals surface area contributed by atoms with Crippen LogP contribution < -0.4 is 10.2 Å². The molecule has 2 aliphatic heterocycles. The number of hydrogen-bond acceptors (Lipinski definition) is 4. The van der Waals surface area contributed by atoms with Gasteiger partial charge in [-0.15, -0.1) is 0 Å². The molecule has 6 nitrogen and oxygen atoms in total. The minimum absolute atomic E-state index is 0.00502. The Morgan fingerprint density at radius 2 is 1.56 bits per heavy atom. The van der Waals surface area contributed by atoms with Crippen LogP contribution in [0.25, 0.3) is 0 Å². The van der Waals surface area contributed by atoms with Crippen LogP contribution in [-0.2, 0) is 9.59 Å². The van der Waals surface area contributed by atoms with Crippen molar-refractivity contribution in [3.63, 3.8) is 0 Å². The maximum atomic E-state index is 13.0. The summed E-state index contributed by atoms with van der Waals surface area (Å²) in [6.07, 6.45) is 4.36. The molecule has 2 aromatic carbocycles. The molecule has 0 radical (unpaired) electrons. The largest absolute Gasteiger partial charge is 0.350 e. The molecular formula is C24H23Cl2N3O3. The third kappa shape index (κ3) is 4.25. The van der Waals surface area contributed by atoms with Gasteiger partial charge in [-0.2, -0.15) is 0 Å². The van der Waals surface area contributed by atoms with Crippen LogP contribution in [0.15, 0.2) is 53.2 Å². The highest BCUT2D eigenvalue weighted by Gasteiger charge is 2.39. The highest BCUT2D eigenvalue weighted by molar-refractivity contribution is 6.53. The first-order valence-corrected chi connectivity index (χ1v) is 11.3. The summed E-state index contributed by atoms with van der Waals surface area (Å²) in [7, 11) is 0. The minimum atomic E-state index is -0.613. The lowest BCUT2D eigenvalue weighted by Crippen LogP contribution is -2.33. The number of halogens is 2. The van der Waals surface area contributed by atoms with Crippen LogP contribution in [0.4, 0.5) is 11.4 Å². The van der Waals surface area contributed by atoms with Crippen molar-refractivity contribution in [1.82, 2.24) is 4.90 Å². The lowest BCUT2D eigenvalue weighted by atomic mass is 10.1. The molecule has 0 spiro atoms. The summed E-state index contributed by atoms with van der Waals surface area (Å²) < 4.78 is 0. The Balaban J connectivity index is 1.51. The Morgan fingerprint density at radius 3 is 2.22 bits per heavy atom. The van der Waals surface area contributed by atoms with Crippen molar-refractivity contribution in [3.8, 4) is 0 Å². The van der Waals surface area contributed by atoms with E-state index in [1.165, 1.54) is 0 Å². The van der Waals surface area contributed by atoms with Gasteiger partial charge < -0.3 is 10.2 Å². The van der Waals surface area contributed by atoms with Crippen molar-refractivity contribution >= 4 is 52.3 Å². The van der Waals surface area contributed by atoms with E-state index in [-0.39, 0.29) is 16.6 Å². The van der Waals surface area contributed by atoms with Crippen LogP contribution in [0, 0.1) is 6.92 Å². The maximum absolute atomic E-state index is 13.0. The molecule has 0 aliphatic carbocycles. The summed E-state index contributed by atoms with van der Waals surface area (Å²) in [6, 6.07) is 11.8. The molecule has 1 fully saturated rings. The van der Waals surface area contributed by atoms with E-state index in [0.717, 1.165) is 43.7 Å². The molecule has 0 unspecified atom stereocenters. The van der Waals surface area contributed by atoms with E-state index in [9.17, 15) is 14.4 Å². The molecule has 1 N–H and O–H groups in total. The molecule has 0 bridgehead atoms. The number of anilines is 2. The van der Waals surface area contributed by atoms with Gasteiger partial charge in [0.05, 0.1) is 5.69 Å². The smallest absolute Gasteiger partial charge is 0.283 e. The Morgan fingerprint density at radius 1 is 0.906 bits per heavy atom. The quantitative estimate of drug-likeness (QED) is 0.629. The third-order valence-corrected chi connectivity index (χ3v) is 6.56. The van der Waals surface area contributed by atoms with Crippen molar-refractivity contribution in [3.05, 3.63) is 69.3 Å². The number of hydrogen-bond donors (Lipinski definition) is 1. The van der Waals surface area contributed by atoms with Crippen LogP contribution in [0.1, 0.15) is 41.6 Å². The molecule has 2 aliphatic rings. The number of amides is 3. The van der Waals surface area contributed by atoms with E-state index in [2.05, 4.69) is 5.32 Å². The summed E-state index contributed by atoms with van der Waals surface area (Å²) in [4.78, 5) is 41.4. The Bertz CT molecular complexity index is 1100. The number of nitrogens with one attached hydrogen (secondary N) is 1. The van der Waals surface area contributed by atoms with Crippen LogP contribution >= 0.6 is 23.2 Å². The molecule has 4 rings (SSSR count). The average molecular weight is 472 g/mol. The number of imide groups is 1. The number of nitrogens with zero attached hydrogens (tertiary/aromatic N) is 2.